The van der Waals surface area contributed by atoms with Crippen LogP contribution in [0.5, 0.6) is 0 Å². The molecule has 0 heterocycles. The third kappa shape index (κ3) is 3.77. The smallest absolute Gasteiger partial charge is 0.332 e. The summed E-state index contributed by atoms with van der Waals surface area (Å²) in [4.78, 5) is 12.1. The lowest BCUT2D eigenvalue weighted by Crippen LogP contribution is -2.22. The molecule has 3 nitrogen and oxygen atoms in total. The van der Waals surface area contributed by atoms with Crippen LogP contribution in [0.25, 0.3) is 0 Å². The van der Waals surface area contributed by atoms with Crippen LogP contribution in [0.1, 0.15) is 17.2 Å². The Bertz CT molecular complexity index is 660. The van der Waals surface area contributed by atoms with E-state index in [2.05, 4.69) is 21.2 Å². The number of hydrogen-bond acceptors (Lipinski definition) is 3. The van der Waals surface area contributed by atoms with Crippen LogP contribution in [0.4, 0.5) is 5.69 Å². The molecule has 2 aromatic carbocycles. The van der Waals surface area contributed by atoms with E-state index in [1.54, 1.807) is 6.07 Å². The third-order valence-corrected chi connectivity index (χ3v) is 4.39. The molecule has 21 heavy (non-hydrogen) atoms. The topological polar surface area (TPSA) is 38.3 Å². The van der Waals surface area contributed by atoms with Crippen molar-refractivity contribution in [1.82, 2.24) is 0 Å². The molecule has 1 N–H and O–H groups in total. The van der Waals surface area contributed by atoms with E-state index in [9.17, 15) is 4.79 Å². The molecule has 1 atom stereocenters. The Hall–Kier alpha value is -1.52. The fourth-order valence-electron chi connectivity index (χ4n) is 1.98. The molecule has 0 aliphatic heterocycles. The van der Waals surface area contributed by atoms with Crippen molar-refractivity contribution in [2.75, 3.05) is 12.4 Å². The number of methoxy groups -OCH3 is 1. The molecule has 0 saturated heterocycles. The van der Waals surface area contributed by atoms with Gasteiger partial charge in [-0.05, 0) is 52.2 Å². The molecule has 0 radical (unpaired) electrons. The van der Waals surface area contributed by atoms with Gasteiger partial charge in [-0.1, -0.05) is 35.9 Å². The number of para-hydroxylation sites is 1. The van der Waals surface area contributed by atoms with Crippen LogP contribution >= 0.6 is 27.5 Å². The van der Waals surface area contributed by atoms with Crippen LogP contribution in [0.3, 0.4) is 0 Å². The largest absolute Gasteiger partial charge is 0.467 e. The zero-order valence-corrected chi connectivity index (χ0v) is 14.0. The van der Waals surface area contributed by atoms with E-state index in [-0.39, 0.29) is 5.97 Å². The Morgan fingerprint density at radius 1 is 1.29 bits per heavy atom. The molecular formula is C16H15BrClNO2. The van der Waals surface area contributed by atoms with Gasteiger partial charge in [0.15, 0.2) is 6.04 Å². The second-order valence-electron chi connectivity index (χ2n) is 4.59. The lowest BCUT2D eigenvalue weighted by atomic mass is 10.1. The zero-order chi connectivity index (χ0) is 15.4. The number of carbonyl (C=O) groups is 1. The maximum Gasteiger partial charge on any atom is 0.332 e. The summed E-state index contributed by atoms with van der Waals surface area (Å²) in [6, 6.07) is 12.6. The number of benzene rings is 2. The number of esters is 1. The van der Waals surface area contributed by atoms with E-state index in [4.69, 9.17) is 16.3 Å². The monoisotopic (exact) mass is 367 g/mol. The molecule has 0 aliphatic rings. The lowest BCUT2D eigenvalue weighted by molar-refractivity contribution is -0.141. The summed E-state index contributed by atoms with van der Waals surface area (Å²) in [6.45, 7) is 1.98. The van der Waals surface area contributed by atoms with Gasteiger partial charge in [0.05, 0.1) is 12.1 Å². The van der Waals surface area contributed by atoms with E-state index >= 15 is 0 Å². The number of nitrogens with one attached hydrogen (secondary N) is 1. The first-order chi connectivity index (χ1) is 10.0. The van der Waals surface area contributed by atoms with E-state index in [1.165, 1.54) is 7.11 Å². The van der Waals surface area contributed by atoms with Crippen LogP contribution in [-0.4, -0.2) is 13.1 Å². The minimum absolute atomic E-state index is 0.364. The van der Waals surface area contributed by atoms with Crippen LogP contribution in [0, 0.1) is 6.92 Å². The van der Waals surface area contributed by atoms with Gasteiger partial charge in [-0.2, -0.15) is 0 Å². The molecule has 110 valence electrons. The molecule has 2 rings (SSSR count). The van der Waals surface area contributed by atoms with Crippen molar-refractivity contribution in [3.63, 3.8) is 0 Å². The molecule has 0 spiro atoms. The molecule has 0 aliphatic carbocycles. The van der Waals surface area contributed by atoms with Gasteiger partial charge >= 0.3 is 5.97 Å². The Labute approximate surface area is 137 Å². The normalized spacial score (nSPS) is 11.8. The van der Waals surface area contributed by atoms with Crippen LogP contribution in [0.15, 0.2) is 46.9 Å². The van der Waals surface area contributed by atoms with Crippen molar-refractivity contribution in [3.05, 3.63) is 63.1 Å². The van der Waals surface area contributed by atoms with Crippen molar-refractivity contribution in [3.8, 4) is 0 Å². The molecule has 0 amide bonds. The van der Waals surface area contributed by atoms with E-state index in [0.29, 0.717) is 5.02 Å². The number of hydrogen-bond donors (Lipinski definition) is 1. The third-order valence-electron chi connectivity index (χ3n) is 3.16. The summed E-state index contributed by atoms with van der Waals surface area (Å²) in [7, 11) is 1.37. The molecule has 1 unspecified atom stereocenters. The maximum atomic E-state index is 12.1. The van der Waals surface area contributed by atoms with Crippen molar-refractivity contribution in [2.45, 2.75) is 13.0 Å². The molecular weight excluding hydrogens is 354 g/mol. The summed E-state index contributed by atoms with van der Waals surface area (Å²) in [6.07, 6.45) is 0. The van der Waals surface area contributed by atoms with Crippen molar-refractivity contribution in [1.29, 1.82) is 0 Å². The molecule has 0 aromatic heterocycles. The summed E-state index contributed by atoms with van der Waals surface area (Å²) >= 11 is 9.46. The first kappa shape index (κ1) is 15.9. The quantitative estimate of drug-likeness (QED) is 0.792. The highest BCUT2D eigenvalue weighted by atomic mass is 79.9. The average Bonchev–Trinajstić information content (AvgIpc) is 2.48. The number of halogens is 2. The van der Waals surface area contributed by atoms with Crippen molar-refractivity contribution in [2.24, 2.45) is 0 Å². The van der Waals surface area contributed by atoms with Crippen LogP contribution in [0.2, 0.25) is 5.02 Å². The van der Waals surface area contributed by atoms with Gasteiger partial charge in [-0.25, -0.2) is 4.79 Å². The summed E-state index contributed by atoms with van der Waals surface area (Å²) in [5, 5.41) is 3.76. The molecule has 5 heteroatoms. The van der Waals surface area contributed by atoms with Crippen LogP contribution in [-0.2, 0) is 9.53 Å². The second-order valence-corrected chi connectivity index (χ2v) is 5.85. The van der Waals surface area contributed by atoms with E-state index in [1.807, 2.05) is 43.3 Å². The van der Waals surface area contributed by atoms with Gasteiger partial charge < -0.3 is 10.1 Å². The number of ether oxygens (including phenoxy) is 1. The molecule has 0 saturated carbocycles. The van der Waals surface area contributed by atoms with Gasteiger partial charge in [-0.15, -0.1) is 0 Å². The van der Waals surface area contributed by atoms with Gasteiger partial charge in [0, 0.05) is 10.2 Å². The minimum atomic E-state index is -0.610. The number of anilines is 1. The fourth-order valence-corrected chi connectivity index (χ4v) is 2.41. The number of carbonyl (C=O) groups excluding carboxylic acids is 1. The maximum absolute atomic E-state index is 12.1. The Kier molecular flexibility index (Phi) is 5.26. The molecule has 0 bridgehead atoms. The average molecular weight is 369 g/mol. The SMILES string of the molecule is COC(=O)C(Nc1ccccc1C)c1ccc(Br)c(Cl)c1. The predicted molar refractivity (Wildman–Crippen MR) is 88.7 cm³/mol. The highest BCUT2D eigenvalue weighted by Gasteiger charge is 2.22. The highest BCUT2D eigenvalue weighted by Crippen LogP contribution is 2.29. The van der Waals surface area contributed by atoms with Gasteiger partial charge in [-0.3, -0.25) is 0 Å². The summed E-state index contributed by atoms with van der Waals surface area (Å²) < 4.78 is 5.68. The first-order valence-corrected chi connectivity index (χ1v) is 7.55. The fraction of sp³-hybridized carbons (Fsp3) is 0.188. The molecule has 2 aromatic rings. The second kappa shape index (κ2) is 6.96. The lowest BCUT2D eigenvalue weighted by Gasteiger charge is -2.19. The van der Waals surface area contributed by atoms with Crippen molar-refractivity contribution < 1.29 is 9.53 Å². The Morgan fingerprint density at radius 2 is 2.00 bits per heavy atom. The van der Waals surface area contributed by atoms with Gasteiger partial charge in [0.2, 0.25) is 0 Å². The minimum Gasteiger partial charge on any atom is -0.467 e. The number of aryl methyl sites for hydroxylation is 1. The van der Waals surface area contributed by atoms with Gasteiger partial charge in [0.1, 0.15) is 0 Å². The van der Waals surface area contributed by atoms with Crippen molar-refractivity contribution >= 4 is 39.2 Å². The van der Waals surface area contributed by atoms with E-state index in [0.717, 1.165) is 21.3 Å². The highest BCUT2D eigenvalue weighted by molar-refractivity contribution is 9.10. The predicted octanol–water partition coefficient (Wildman–Crippen LogP) is 4.74. The Balaban J connectivity index is 2.37. The first-order valence-electron chi connectivity index (χ1n) is 6.38. The Morgan fingerprint density at radius 3 is 2.62 bits per heavy atom. The summed E-state index contributed by atoms with van der Waals surface area (Å²) in [5.41, 5.74) is 2.68. The standard InChI is InChI=1S/C16H15BrClNO2/c1-10-5-3-4-6-14(10)19-15(16(20)21-2)11-7-8-12(17)13(18)9-11/h3-9,15,19H,1-2H3. The molecule has 0 fully saturated rings. The summed E-state index contributed by atoms with van der Waals surface area (Å²) in [5.74, 6) is -0.364. The zero-order valence-electron chi connectivity index (χ0n) is 11.7. The number of rotatable bonds is 4. The van der Waals surface area contributed by atoms with E-state index < -0.39 is 6.04 Å². The van der Waals surface area contributed by atoms with Gasteiger partial charge in [0.25, 0.3) is 0 Å². The van der Waals surface area contributed by atoms with Crippen LogP contribution < -0.4 is 5.32 Å².